The van der Waals surface area contributed by atoms with Crippen LogP contribution in [0, 0.1) is 38.5 Å². The van der Waals surface area contributed by atoms with Crippen molar-refractivity contribution in [2.75, 3.05) is 0 Å². The number of phenolic OH excluding ortho intramolecular Hbond substituents is 1. The van der Waals surface area contributed by atoms with Crippen LogP contribution < -0.4 is 4.74 Å². The number of esters is 1. The molecule has 2 rings (SSSR count). The van der Waals surface area contributed by atoms with Gasteiger partial charge >= 0.3 is 5.97 Å². The van der Waals surface area contributed by atoms with Gasteiger partial charge in [-0.1, -0.05) is 72.6 Å². The van der Waals surface area contributed by atoms with Gasteiger partial charge in [0.15, 0.2) is 0 Å². The van der Waals surface area contributed by atoms with Gasteiger partial charge in [0.2, 0.25) is 0 Å². The number of rotatable bonds is 14. The third-order valence-corrected chi connectivity index (χ3v) is 8.59. The molecule has 0 bridgehead atoms. The van der Waals surface area contributed by atoms with Crippen LogP contribution >= 0.6 is 0 Å². The molecule has 0 aromatic heterocycles. The smallest absolute Gasteiger partial charge is 0.335 e. The number of carbonyl (C=O) groups is 1. The molecule has 2 unspecified atom stereocenters. The number of carbonyl (C=O) groups excluding carboxylic acids is 1. The third-order valence-electron chi connectivity index (χ3n) is 8.59. The number of fused-ring (bicyclic) bond motifs is 1. The Labute approximate surface area is 226 Å². The largest absolute Gasteiger partial charge is 0.507 e. The molecule has 5 nitrogen and oxygen atoms in total. The Morgan fingerprint density at radius 1 is 0.919 bits per heavy atom. The van der Waals surface area contributed by atoms with Gasteiger partial charge in [-0.05, 0) is 81.9 Å². The second-order valence-corrected chi connectivity index (χ2v) is 12.6. The highest BCUT2D eigenvalue weighted by Crippen LogP contribution is 2.45. The van der Waals surface area contributed by atoms with Gasteiger partial charge in [0, 0.05) is 12.0 Å². The number of benzene rings is 1. The van der Waals surface area contributed by atoms with E-state index in [4.69, 9.17) is 9.47 Å². The van der Waals surface area contributed by atoms with Crippen molar-refractivity contribution in [2.24, 2.45) is 17.8 Å². The second-order valence-electron chi connectivity index (χ2n) is 12.6. The number of aromatic hydroxyl groups is 1. The lowest BCUT2D eigenvalue weighted by Gasteiger charge is -2.43. The summed E-state index contributed by atoms with van der Waals surface area (Å²) in [5.74, 6) is 2.69. The maximum Gasteiger partial charge on any atom is 0.335 e. The predicted molar refractivity (Wildman–Crippen MR) is 151 cm³/mol. The lowest BCUT2D eigenvalue weighted by atomic mass is 9.81. The van der Waals surface area contributed by atoms with Crippen LogP contribution in [0.4, 0.5) is 0 Å². The minimum Gasteiger partial charge on any atom is -0.507 e. The fourth-order valence-corrected chi connectivity index (χ4v) is 5.65. The maximum atomic E-state index is 12.4. The first-order valence-electron chi connectivity index (χ1n) is 14.7. The average Bonchev–Trinajstić information content (AvgIpc) is 2.82. The fourth-order valence-electron chi connectivity index (χ4n) is 5.65. The lowest BCUT2D eigenvalue weighted by Crippen LogP contribution is -2.52. The van der Waals surface area contributed by atoms with Crippen molar-refractivity contribution in [3.05, 3.63) is 22.3 Å². The molecule has 1 heterocycles. The number of ether oxygens (including phenoxy) is 2. The Hall–Kier alpha value is -1.75. The molecular formula is C32H54O5. The highest BCUT2D eigenvalue weighted by Gasteiger charge is 2.45. The van der Waals surface area contributed by atoms with Crippen molar-refractivity contribution in [3.8, 4) is 11.5 Å². The molecule has 37 heavy (non-hydrogen) atoms. The molecule has 0 amide bonds. The first-order valence-corrected chi connectivity index (χ1v) is 14.7. The molecule has 1 aliphatic rings. The molecule has 0 saturated heterocycles. The molecule has 0 fully saturated rings. The SMILES string of the molecule is Cc1c(C)c2c(c(C)c1O)CC(OC(=O)C(C)O)[C@](C)(CCC[C@H](C)CCC[C@@H](C)CCCC(C)C)O2. The Morgan fingerprint density at radius 3 is 2.00 bits per heavy atom. The number of aliphatic hydroxyl groups is 1. The van der Waals surface area contributed by atoms with E-state index in [0.29, 0.717) is 12.3 Å². The van der Waals surface area contributed by atoms with Gasteiger partial charge in [-0.15, -0.1) is 0 Å². The highest BCUT2D eigenvalue weighted by atomic mass is 16.6. The molecule has 2 N–H and O–H groups in total. The van der Waals surface area contributed by atoms with Gasteiger partial charge in [0.25, 0.3) is 0 Å². The Kier molecular flexibility index (Phi) is 11.8. The van der Waals surface area contributed by atoms with Crippen molar-refractivity contribution >= 4 is 5.97 Å². The number of hydrogen-bond acceptors (Lipinski definition) is 5. The summed E-state index contributed by atoms with van der Waals surface area (Å²) < 4.78 is 12.4. The first-order chi connectivity index (χ1) is 17.3. The first kappa shape index (κ1) is 31.5. The Bertz CT molecular complexity index is 890. The molecule has 1 aromatic carbocycles. The van der Waals surface area contributed by atoms with E-state index in [1.54, 1.807) is 0 Å². The van der Waals surface area contributed by atoms with E-state index in [-0.39, 0.29) is 5.75 Å². The average molecular weight is 519 g/mol. The van der Waals surface area contributed by atoms with Crippen LogP contribution in [0.1, 0.15) is 122 Å². The zero-order valence-electron chi connectivity index (χ0n) is 25.1. The molecule has 0 aliphatic carbocycles. The Balaban J connectivity index is 2.00. The van der Waals surface area contributed by atoms with Gasteiger partial charge < -0.3 is 19.7 Å². The number of hydrogen-bond donors (Lipinski definition) is 2. The molecule has 5 heteroatoms. The minimum absolute atomic E-state index is 0.270. The van der Waals surface area contributed by atoms with Crippen LogP contribution in [0.3, 0.4) is 0 Å². The minimum atomic E-state index is -1.19. The Morgan fingerprint density at radius 2 is 1.46 bits per heavy atom. The third kappa shape index (κ3) is 8.63. The van der Waals surface area contributed by atoms with E-state index < -0.39 is 23.8 Å². The summed E-state index contributed by atoms with van der Waals surface area (Å²) in [4.78, 5) is 12.4. The molecule has 0 radical (unpaired) electrons. The van der Waals surface area contributed by atoms with Gasteiger partial charge in [0.1, 0.15) is 29.3 Å². The molecule has 0 saturated carbocycles. The van der Waals surface area contributed by atoms with Crippen molar-refractivity contribution in [1.29, 1.82) is 0 Å². The fraction of sp³-hybridized carbons (Fsp3) is 0.781. The summed E-state index contributed by atoms with van der Waals surface area (Å²) in [6.45, 7) is 18.6. The van der Waals surface area contributed by atoms with Crippen molar-refractivity contribution in [2.45, 2.75) is 144 Å². The maximum absolute atomic E-state index is 12.4. The number of phenols is 1. The van der Waals surface area contributed by atoms with Crippen LogP contribution in [0.25, 0.3) is 0 Å². The summed E-state index contributed by atoms with van der Waals surface area (Å²) in [6, 6.07) is 0. The van der Waals surface area contributed by atoms with E-state index in [1.165, 1.54) is 45.4 Å². The van der Waals surface area contributed by atoms with Gasteiger partial charge in [-0.3, -0.25) is 0 Å². The second kappa shape index (κ2) is 13.9. The number of aliphatic hydroxyl groups excluding tert-OH is 1. The van der Waals surface area contributed by atoms with Gasteiger partial charge in [-0.25, -0.2) is 4.79 Å². The highest BCUT2D eigenvalue weighted by molar-refractivity contribution is 5.74. The summed E-state index contributed by atoms with van der Waals surface area (Å²) >= 11 is 0. The molecule has 1 aliphatic heterocycles. The van der Waals surface area contributed by atoms with Crippen molar-refractivity contribution in [1.82, 2.24) is 0 Å². The lowest BCUT2D eigenvalue weighted by molar-refractivity contribution is -0.172. The summed E-state index contributed by atoms with van der Waals surface area (Å²) in [5.41, 5.74) is 2.72. The summed E-state index contributed by atoms with van der Waals surface area (Å²) in [7, 11) is 0. The zero-order chi connectivity index (χ0) is 27.9. The van der Waals surface area contributed by atoms with Gasteiger partial charge in [0.05, 0.1) is 0 Å². The van der Waals surface area contributed by atoms with Crippen LogP contribution in [-0.2, 0) is 16.0 Å². The molecular weight excluding hydrogens is 464 g/mol. The molecule has 5 atom stereocenters. The standard InChI is InChI=1S/C32H54O5/c1-20(2)13-10-14-21(3)15-11-16-22(4)17-12-18-32(9)28(36-31(35)26(8)33)19-27-25(7)29(34)23(5)24(6)30(27)37-32/h20-22,26,28,33-34H,10-19H2,1-9H3/t21-,22+,26?,28?,32-/m0/s1. The predicted octanol–water partition coefficient (Wildman–Crippen LogP) is 7.74. The topological polar surface area (TPSA) is 76.0 Å². The van der Waals surface area contributed by atoms with E-state index in [2.05, 4.69) is 27.7 Å². The summed E-state index contributed by atoms with van der Waals surface area (Å²) in [6.07, 6.45) is 9.45. The summed E-state index contributed by atoms with van der Waals surface area (Å²) in [5, 5.41) is 20.4. The van der Waals surface area contributed by atoms with E-state index in [0.717, 1.165) is 59.1 Å². The van der Waals surface area contributed by atoms with Crippen molar-refractivity contribution < 1.29 is 24.5 Å². The molecule has 1 aromatic rings. The monoisotopic (exact) mass is 518 g/mol. The van der Waals surface area contributed by atoms with Crippen molar-refractivity contribution in [3.63, 3.8) is 0 Å². The van der Waals surface area contributed by atoms with Crippen LogP contribution in [0.15, 0.2) is 0 Å². The molecule has 0 spiro atoms. The van der Waals surface area contributed by atoms with E-state index in [1.807, 2.05) is 27.7 Å². The quantitative estimate of drug-likeness (QED) is 0.246. The normalized spacial score (nSPS) is 21.8. The molecule has 212 valence electrons. The van der Waals surface area contributed by atoms with Crippen LogP contribution in [-0.4, -0.2) is 34.0 Å². The van der Waals surface area contributed by atoms with Crippen LogP contribution in [0.2, 0.25) is 0 Å². The van der Waals surface area contributed by atoms with E-state index in [9.17, 15) is 15.0 Å². The van der Waals surface area contributed by atoms with E-state index >= 15 is 0 Å². The van der Waals surface area contributed by atoms with Crippen LogP contribution in [0.5, 0.6) is 11.5 Å². The zero-order valence-corrected chi connectivity index (χ0v) is 25.1. The van der Waals surface area contributed by atoms with Gasteiger partial charge in [-0.2, -0.15) is 0 Å².